The molecule has 0 radical (unpaired) electrons. The topological polar surface area (TPSA) is 0 Å². The van der Waals surface area contributed by atoms with Gasteiger partial charge in [-0.05, 0) is 29.3 Å². The normalized spacial score (nSPS) is 12.4. The van der Waals surface area contributed by atoms with Crippen molar-refractivity contribution >= 4 is 7.92 Å². The van der Waals surface area contributed by atoms with E-state index >= 15 is 0 Å². The first-order valence-corrected chi connectivity index (χ1v) is 8.00. The molecule has 0 aromatic rings. The van der Waals surface area contributed by atoms with Crippen LogP contribution in [0.4, 0.5) is 0 Å². The van der Waals surface area contributed by atoms with Crippen LogP contribution in [0.25, 0.3) is 0 Å². The third kappa shape index (κ3) is 13.8. The van der Waals surface area contributed by atoms with Crippen LogP contribution < -0.4 is 12.4 Å². The van der Waals surface area contributed by atoms with Crippen molar-refractivity contribution in [3.8, 4) is 0 Å². The molecule has 0 aliphatic rings. The molecule has 0 fully saturated rings. The van der Waals surface area contributed by atoms with Crippen molar-refractivity contribution in [3.63, 3.8) is 0 Å². The summed E-state index contributed by atoms with van der Waals surface area (Å²) in [7, 11) is 0.0162. The average molecular weight is 400 g/mol. The number of hydrogen-bond donors (Lipinski definition) is 0. The second kappa shape index (κ2) is 10.8. The summed E-state index contributed by atoms with van der Waals surface area (Å²) in [4.78, 5) is 0. The maximum Gasteiger partial charge on any atom is 0 e. The third-order valence-electron chi connectivity index (χ3n) is 2.35. The van der Waals surface area contributed by atoms with Crippen molar-refractivity contribution in [2.45, 2.75) is 91.6 Å². The van der Waals surface area contributed by atoms with Gasteiger partial charge in [0.15, 0.2) is 0 Å². The zero-order valence-electron chi connectivity index (χ0n) is 14.8. The summed E-state index contributed by atoms with van der Waals surface area (Å²) in [6, 6.07) is 0. The minimum Gasteiger partial charge on any atom is -1.00 e. The fourth-order valence-electron chi connectivity index (χ4n) is 3.02. The fraction of sp³-hybridized carbons (Fsp3) is 0.875. The van der Waals surface area contributed by atoms with Gasteiger partial charge in [-0.2, -0.15) is 0 Å². The summed E-state index contributed by atoms with van der Waals surface area (Å²) < 4.78 is 0. The smallest absolute Gasteiger partial charge is 0 e. The van der Waals surface area contributed by atoms with Crippen molar-refractivity contribution in [1.82, 2.24) is 0 Å². The van der Waals surface area contributed by atoms with Gasteiger partial charge in [0.2, 0.25) is 0 Å². The van der Waals surface area contributed by atoms with E-state index in [1.807, 2.05) is 26.0 Å². The molecule has 3 heteroatoms. The van der Waals surface area contributed by atoms with Gasteiger partial charge in [0.25, 0.3) is 0 Å². The fourth-order valence-corrected chi connectivity index (χ4v) is 9.06. The largest absolute Gasteiger partial charge is 1.00 e. The molecule has 0 aromatic carbocycles. The first-order chi connectivity index (χ1) is 7.28. The van der Waals surface area contributed by atoms with E-state index in [1.54, 1.807) is 0 Å². The van der Waals surface area contributed by atoms with E-state index in [9.17, 15) is 0 Å². The van der Waals surface area contributed by atoms with Gasteiger partial charge in [-0.3, -0.25) is 0 Å². The molecule has 0 bridgehead atoms. The number of halogens is 1. The zero-order valence-corrected chi connectivity index (χ0v) is 18.0. The second-order valence-corrected chi connectivity index (χ2v) is 12.2. The Bertz CT molecular complexity index is 191. The third-order valence-corrected chi connectivity index (χ3v) is 6.37. The Morgan fingerprint density at radius 3 is 0.737 bits per heavy atom. The molecule has 0 aliphatic heterocycles. The van der Waals surface area contributed by atoms with Crippen LogP contribution in [0.2, 0.25) is 0 Å². The monoisotopic (exact) mass is 399 g/mol. The average Bonchev–Trinajstić information content (AvgIpc) is 1.95. The summed E-state index contributed by atoms with van der Waals surface area (Å²) in [6.07, 6.45) is 4.00. The van der Waals surface area contributed by atoms with Gasteiger partial charge in [0.05, 0.1) is 0 Å². The molecule has 0 rings (SSSR count). The van der Waals surface area contributed by atoms with Crippen molar-refractivity contribution in [2.24, 2.45) is 0 Å². The summed E-state index contributed by atoms with van der Waals surface area (Å²) >= 11 is 0. The number of rotatable bonds is 0. The maximum absolute atomic E-state index is 2.38. The van der Waals surface area contributed by atoms with Crippen molar-refractivity contribution in [3.05, 3.63) is 12.2 Å². The van der Waals surface area contributed by atoms with E-state index < -0.39 is 0 Å². The molecule has 0 heterocycles. The summed E-state index contributed by atoms with van der Waals surface area (Å²) in [5.41, 5.74) is 0. The molecule has 0 amide bonds. The number of hydrogen-bond acceptors (Lipinski definition) is 0. The Kier molecular flexibility index (Phi) is 16.1. The van der Waals surface area contributed by atoms with Gasteiger partial charge in [-0.25, -0.2) is 0 Å². The van der Waals surface area contributed by atoms with Crippen LogP contribution in [0.3, 0.4) is 0 Å². The summed E-state index contributed by atoms with van der Waals surface area (Å²) in [5, 5.41) is 1.35. The second-order valence-electron chi connectivity index (χ2n) is 7.51. The molecular formula is C16H35ClPPd-. The van der Waals surface area contributed by atoms with Crippen LogP contribution >= 0.6 is 7.92 Å². The Labute approximate surface area is 144 Å². The van der Waals surface area contributed by atoms with Gasteiger partial charge in [0.1, 0.15) is 0 Å². The quantitative estimate of drug-likeness (QED) is 0.332. The van der Waals surface area contributed by atoms with Crippen LogP contribution in [-0.4, -0.2) is 15.5 Å². The molecule has 0 saturated heterocycles. The van der Waals surface area contributed by atoms with Gasteiger partial charge < -0.3 is 12.4 Å². The Morgan fingerprint density at radius 2 is 0.737 bits per heavy atom. The Hall–Kier alpha value is 1.12. The molecule has 19 heavy (non-hydrogen) atoms. The minimum absolute atomic E-state index is 0. The molecule has 0 N–H and O–H groups in total. The molecule has 0 unspecified atom stereocenters. The standard InChI is InChI=1S/C12H27P.C4H8.ClH.Pd/c1-10(2,3)13(11(4,5)6)12(7,8)9;1-3-4-2;;/h1-9H3;3-4H,1-2H3;1H;/p-1/b;4-3+;;. The van der Waals surface area contributed by atoms with Crippen LogP contribution in [0.5, 0.6) is 0 Å². The van der Waals surface area contributed by atoms with E-state index in [1.165, 1.54) is 0 Å². The predicted molar refractivity (Wildman–Crippen MR) is 86.7 cm³/mol. The summed E-state index contributed by atoms with van der Waals surface area (Å²) in [5.74, 6) is 0. The van der Waals surface area contributed by atoms with Gasteiger partial charge >= 0.3 is 0 Å². The van der Waals surface area contributed by atoms with Gasteiger partial charge in [-0.15, -0.1) is 0 Å². The zero-order chi connectivity index (χ0) is 14.5. The number of allylic oxidation sites excluding steroid dienone is 2. The summed E-state index contributed by atoms with van der Waals surface area (Å²) in [6.45, 7) is 25.5. The van der Waals surface area contributed by atoms with Gasteiger partial charge in [-0.1, -0.05) is 82.4 Å². The van der Waals surface area contributed by atoms with E-state index in [4.69, 9.17) is 0 Å². The predicted octanol–water partition coefficient (Wildman–Crippen LogP) is 3.45. The first-order valence-electron chi connectivity index (χ1n) is 6.66. The van der Waals surface area contributed by atoms with Crippen molar-refractivity contribution in [1.29, 1.82) is 0 Å². The van der Waals surface area contributed by atoms with Crippen LogP contribution in [0.1, 0.15) is 76.2 Å². The van der Waals surface area contributed by atoms with Crippen molar-refractivity contribution < 1.29 is 32.8 Å². The maximum atomic E-state index is 2.38. The minimum atomic E-state index is 0. The molecule has 0 spiro atoms. The SMILES string of the molecule is C/C=C/C.CC(C)(C)P(C(C)(C)C)C(C)(C)C.[Cl-].[Pd]. The molecule has 0 nitrogen and oxygen atoms in total. The van der Waals surface area contributed by atoms with Gasteiger partial charge in [0, 0.05) is 20.4 Å². The molecule has 0 saturated carbocycles. The first kappa shape index (κ1) is 28.3. The van der Waals surface area contributed by atoms with Crippen LogP contribution in [-0.2, 0) is 20.4 Å². The Balaban J connectivity index is -0.000000165. The van der Waals surface area contributed by atoms with E-state index in [0.29, 0.717) is 15.5 Å². The van der Waals surface area contributed by atoms with Crippen LogP contribution in [0, 0.1) is 0 Å². The van der Waals surface area contributed by atoms with E-state index in [2.05, 4.69) is 62.3 Å². The molecular weight excluding hydrogens is 365 g/mol. The van der Waals surface area contributed by atoms with Crippen LogP contribution in [0.15, 0.2) is 12.2 Å². The molecule has 122 valence electrons. The van der Waals surface area contributed by atoms with Crippen molar-refractivity contribution in [2.75, 3.05) is 0 Å². The van der Waals surface area contributed by atoms with E-state index in [0.717, 1.165) is 0 Å². The van der Waals surface area contributed by atoms with E-state index in [-0.39, 0.29) is 40.8 Å². The Morgan fingerprint density at radius 1 is 0.579 bits per heavy atom. The molecule has 0 atom stereocenters. The molecule has 0 aromatic heterocycles. The molecule has 0 aliphatic carbocycles.